The predicted molar refractivity (Wildman–Crippen MR) is 115 cm³/mol. The lowest BCUT2D eigenvalue weighted by atomic mass is 10.1. The van der Waals surface area contributed by atoms with Gasteiger partial charge in [-0.15, -0.1) is 0 Å². The number of nitrogens with zero attached hydrogens (tertiary/aromatic N) is 2. The Labute approximate surface area is 173 Å². The quantitative estimate of drug-likeness (QED) is 0.550. The van der Waals surface area contributed by atoms with Crippen LogP contribution in [0.4, 0.5) is 0 Å². The first-order valence-corrected chi connectivity index (χ1v) is 10.4. The van der Waals surface area contributed by atoms with Gasteiger partial charge in [0.15, 0.2) is 5.03 Å². The van der Waals surface area contributed by atoms with Crippen LogP contribution in [0, 0.1) is 0 Å². The Morgan fingerprint density at radius 1 is 1.14 bits per heavy atom. The van der Waals surface area contributed by atoms with E-state index in [0.717, 1.165) is 29.6 Å². The smallest absolute Gasteiger partial charge is 0.287 e. The molecule has 1 heterocycles. The molecule has 1 amide bonds. The molecule has 0 saturated heterocycles. The van der Waals surface area contributed by atoms with Gasteiger partial charge in [0.2, 0.25) is 5.91 Å². The third-order valence-electron chi connectivity index (χ3n) is 4.15. The number of aromatic nitrogens is 2. The van der Waals surface area contributed by atoms with Crippen molar-refractivity contribution in [1.29, 1.82) is 0 Å². The molecule has 0 atom stereocenters. The summed E-state index contributed by atoms with van der Waals surface area (Å²) in [7, 11) is 0. The number of nitrogens with one attached hydrogen (secondary N) is 1. The minimum absolute atomic E-state index is 0.122. The molecule has 0 aliphatic heterocycles. The Balaban J connectivity index is 1.56. The first-order chi connectivity index (χ1) is 14.2. The lowest BCUT2D eigenvalue weighted by Crippen LogP contribution is -2.28. The van der Waals surface area contributed by atoms with E-state index >= 15 is 0 Å². The van der Waals surface area contributed by atoms with Crippen LogP contribution in [0.2, 0.25) is 0 Å². The predicted octanol–water partition coefficient (Wildman–Crippen LogP) is 3.08. The van der Waals surface area contributed by atoms with Crippen molar-refractivity contribution in [2.24, 2.45) is 0 Å². The van der Waals surface area contributed by atoms with Crippen LogP contribution in [-0.2, 0) is 11.2 Å². The van der Waals surface area contributed by atoms with Gasteiger partial charge >= 0.3 is 0 Å². The summed E-state index contributed by atoms with van der Waals surface area (Å²) in [5.41, 5.74) is 1.64. The largest absolute Gasteiger partial charge is 0.494 e. The van der Waals surface area contributed by atoms with Crippen molar-refractivity contribution < 1.29 is 9.53 Å². The molecule has 1 aromatic heterocycles. The monoisotopic (exact) mass is 409 g/mol. The second-order valence-electron chi connectivity index (χ2n) is 6.21. The molecule has 0 spiro atoms. The van der Waals surface area contributed by atoms with Gasteiger partial charge in [0.05, 0.1) is 12.4 Å². The van der Waals surface area contributed by atoms with Crippen LogP contribution in [-0.4, -0.2) is 34.4 Å². The minimum atomic E-state index is -0.251. The summed E-state index contributed by atoms with van der Waals surface area (Å²) >= 11 is 1.14. The molecule has 2 aromatic carbocycles. The standard InChI is InChI=1S/C22H23N3O3S/c1-2-28-19-10-8-18(9-11-19)25-15-14-24-21(22(25)27)29-16-20(26)23-13-12-17-6-4-3-5-7-17/h3-11,14-15H,2,12-13,16H2,1H3,(H,23,26). The van der Waals surface area contributed by atoms with Crippen LogP contribution in [0.25, 0.3) is 5.69 Å². The fourth-order valence-electron chi connectivity index (χ4n) is 2.74. The average Bonchev–Trinajstić information content (AvgIpc) is 2.75. The molecular formula is C22H23N3O3S. The molecular weight excluding hydrogens is 386 g/mol. The summed E-state index contributed by atoms with van der Waals surface area (Å²) < 4.78 is 6.94. The van der Waals surface area contributed by atoms with Crippen LogP contribution < -0.4 is 15.6 Å². The van der Waals surface area contributed by atoms with Crippen molar-refractivity contribution in [1.82, 2.24) is 14.9 Å². The summed E-state index contributed by atoms with van der Waals surface area (Å²) in [5, 5.41) is 3.17. The van der Waals surface area contributed by atoms with E-state index in [-0.39, 0.29) is 17.2 Å². The molecule has 0 saturated carbocycles. The van der Waals surface area contributed by atoms with E-state index in [9.17, 15) is 9.59 Å². The first kappa shape index (κ1) is 20.7. The SMILES string of the molecule is CCOc1ccc(-n2ccnc(SCC(=O)NCCc3ccccc3)c2=O)cc1. The lowest BCUT2D eigenvalue weighted by molar-refractivity contribution is -0.118. The zero-order valence-corrected chi connectivity index (χ0v) is 17.0. The van der Waals surface area contributed by atoms with Gasteiger partial charge in [-0.05, 0) is 43.2 Å². The van der Waals surface area contributed by atoms with E-state index in [1.54, 1.807) is 12.4 Å². The van der Waals surface area contributed by atoms with E-state index in [1.165, 1.54) is 10.1 Å². The zero-order chi connectivity index (χ0) is 20.5. The number of ether oxygens (including phenoxy) is 1. The third kappa shape index (κ3) is 5.96. The van der Waals surface area contributed by atoms with Crippen LogP contribution in [0.1, 0.15) is 12.5 Å². The fourth-order valence-corrected chi connectivity index (χ4v) is 3.47. The molecule has 29 heavy (non-hydrogen) atoms. The number of benzene rings is 2. The summed E-state index contributed by atoms with van der Waals surface area (Å²) in [6.07, 6.45) is 3.95. The molecule has 0 bridgehead atoms. The molecule has 0 fully saturated rings. The number of carbonyl (C=O) groups excluding carboxylic acids is 1. The summed E-state index contributed by atoms with van der Waals surface area (Å²) in [4.78, 5) is 28.9. The third-order valence-corrected chi connectivity index (χ3v) is 5.11. The van der Waals surface area contributed by atoms with Gasteiger partial charge in [0.25, 0.3) is 5.56 Å². The van der Waals surface area contributed by atoms with Gasteiger partial charge in [-0.1, -0.05) is 42.1 Å². The normalized spacial score (nSPS) is 10.5. The Hall–Kier alpha value is -3.06. The van der Waals surface area contributed by atoms with E-state index < -0.39 is 0 Å². The Kier molecular flexibility index (Phi) is 7.47. The second-order valence-corrected chi connectivity index (χ2v) is 7.17. The molecule has 150 valence electrons. The highest BCUT2D eigenvalue weighted by Crippen LogP contribution is 2.15. The van der Waals surface area contributed by atoms with Crippen molar-refractivity contribution in [2.45, 2.75) is 18.4 Å². The number of thioether (sulfide) groups is 1. The molecule has 3 aromatic rings. The average molecular weight is 410 g/mol. The minimum Gasteiger partial charge on any atom is -0.494 e. The Morgan fingerprint density at radius 2 is 1.90 bits per heavy atom. The van der Waals surface area contributed by atoms with Crippen LogP contribution >= 0.6 is 11.8 Å². The number of rotatable bonds is 9. The van der Waals surface area contributed by atoms with Gasteiger partial charge in [0, 0.05) is 24.6 Å². The van der Waals surface area contributed by atoms with Gasteiger partial charge in [-0.3, -0.25) is 14.2 Å². The molecule has 7 heteroatoms. The number of carbonyl (C=O) groups is 1. The van der Waals surface area contributed by atoms with E-state index in [0.29, 0.717) is 18.2 Å². The highest BCUT2D eigenvalue weighted by atomic mass is 32.2. The van der Waals surface area contributed by atoms with E-state index in [1.807, 2.05) is 61.5 Å². The van der Waals surface area contributed by atoms with Crippen LogP contribution in [0.5, 0.6) is 5.75 Å². The van der Waals surface area contributed by atoms with Crippen molar-refractivity contribution in [2.75, 3.05) is 18.9 Å². The highest BCUT2D eigenvalue weighted by molar-refractivity contribution is 7.99. The summed E-state index contributed by atoms with van der Waals surface area (Å²) in [6, 6.07) is 17.2. The summed E-state index contributed by atoms with van der Waals surface area (Å²) in [5.74, 6) is 0.772. The maximum atomic E-state index is 12.7. The Bertz CT molecular complexity index is 988. The van der Waals surface area contributed by atoms with Crippen LogP contribution in [0.3, 0.4) is 0 Å². The Morgan fingerprint density at radius 3 is 2.62 bits per heavy atom. The topological polar surface area (TPSA) is 73.2 Å². The molecule has 1 N–H and O–H groups in total. The first-order valence-electron chi connectivity index (χ1n) is 9.41. The van der Waals surface area contributed by atoms with Crippen molar-refractivity contribution in [3.63, 3.8) is 0 Å². The lowest BCUT2D eigenvalue weighted by Gasteiger charge is -2.09. The van der Waals surface area contributed by atoms with E-state index in [2.05, 4.69) is 10.3 Å². The van der Waals surface area contributed by atoms with Gasteiger partial charge in [0.1, 0.15) is 5.75 Å². The van der Waals surface area contributed by atoms with E-state index in [4.69, 9.17) is 4.74 Å². The number of amides is 1. The molecule has 0 radical (unpaired) electrons. The molecule has 0 aliphatic carbocycles. The van der Waals surface area contributed by atoms with Gasteiger partial charge in [-0.2, -0.15) is 0 Å². The highest BCUT2D eigenvalue weighted by Gasteiger charge is 2.10. The summed E-state index contributed by atoms with van der Waals surface area (Å²) in [6.45, 7) is 3.06. The molecule has 6 nitrogen and oxygen atoms in total. The molecule has 0 aliphatic rings. The molecule has 3 rings (SSSR count). The number of hydrogen-bond acceptors (Lipinski definition) is 5. The maximum absolute atomic E-state index is 12.7. The fraction of sp³-hybridized carbons (Fsp3) is 0.227. The van der Waals surface area contributed by atoms with Gasteiger partial charge < -0.3 is 10.1 Å². The number of hydrogen-bond donors (Lipinski definition) is 1. The van der Waals surface area contributed by atoms with Crippen LogP contribution in [0.15, 0.2) is 76.8 Å². The van der Waals surface area contributed by atoms with Gasteiger partial charge in [-0.25, -0.2) is 4.98 Å². The second kappa shape index (κ2) is 10.5. The van der Waals surface area contributed by atoms with Crippen molar-refractivity contribution >= 4 is 17.7 Å². The maximum Gasteiger partial charge on any atom is 0.287 e. The van der Waals surface area contributed by atoms with Crippen molar-refractivity contribution in [3.8, 4) is 11.4 Å². The molecule has 0 unspecified atom stereocenters. The zero-order valence-electron chi connectivity index (χ0n) is 16.2. The van der Waals surface area contributed by atoms with Crippen molar-refractivity contribution in [3.05, 3.63) is 82.9 Å².